The van der Waals surface area contributed by atoms with Crippen molar-refractivity contribution in [3.63, 3.8) is 0 Å². The minimum Gasteiger partial charge on any atom is -0.462 e. The van der Waals surface area contributed by atoms with E-state index in [1.807, 2.05) is 0 Å². The van der Waals surface area contributed by atoms with Crippen molar-refractivity contribution in [3.05, 3.63) is 0 Å². The van der Waals surface area contributed by atoms with Gasteiger partial charge < -0.3 is 14.2 Å². The zero-order chi connectivity index (χ0) is 30.9. The van der Waals surface area contributed by atoms with E-state index >= 15 is 0 Å². The van der Waals surface area contributed by atoms with Gasteiger partial charge in [0.25, 0.3) is 0 Å². The first kappa shape index (κ1) is 40.4. The monoisotopic (exact) mass is 597 g/mol. The van der Waals surface area contributed by atoms with Gasteiger partial charge in [0.2, 0.25) is 0 Å². The third kappa shape index (κ3) is 29.9. The van der Waals surface area contributed by atoms with Crippen LogP contribution in [-0.2, 0) is 28.6 Å². The predicted molar refractivity (Wildman–Crippen MR) is 173 cm³/mol. The highest BCUT2D eigenvalue weighted by atomic mass is 16.6. The summed E-state index contributed by atoms with van der Waals surface area (Å²) in [4.78, 5) is 37.0. The van der Waals surface area contributed by atoms with E-state index in [-0.39, 0.29) is 31.1 Å². The van der Waals surface area contributed by atoms with Gasteiger partial charge in [-0.1, -0.05) is 156 Å². The summed E-state index contributed by atoms with van der Waals surface area (Å²) >= 11 is 0. The van der Waals surface area contributed by atoms with Crippen LogP contribution < -0.4 is 0 Å². The van der Waals surface area contributed by atoms with Crippen LogP contribution in [0, 0.1) is 0 Å². The van der Waals surface area contributed by atoms with Crippen LogP contribution in [0.3, 0.4) is 0 Å². The maximum absolute atomic E-state index is 12.5. The predicted octanol–water partition coefficient (Wildman–Crippen LogP) is 10.6. The van der Waals surface area contributed by atoms with E-state index in [0.29, 0.717) is 19.3 Å². The lowest BCUT2D eigenvalue weighted by atomic mass is 10.1. The Morgan fingerprint density at radius 1 is 0.381 bits per heavy atom. The zero-order valence-electron chi connectivity index (χ0n) is 28.0. The lowest BCUT2D eigenvalue weighted by molar-refractivity contribution is -0.167. The minimum absolute atomic E-state index is 0.0656. The van der Waals surface area contributed by atoms with E-state index in [9.17, 15) is 14.4 Å². The van der Waals surface area contributed by atoms with Crippen molar-refractivity contribution in [2.75, 3.05) is 13.2 Å². The molecule has 0 aromatic rings. The number of rotatable bonds is 32. The van der Waals surface area contributed by atoms with Gasteiger partial charge in [-0.05, 0) is 19.3 Å². The molecule has 0 heterocycles. The molecule has 0 aliphatic rings. The van der Waals surface area contributed by atoms with Gasteiger partial charge in [0, 0.05) is 19.3 Å². The summed E-state index contributed by atoms with van der Waals surface area (Å²) in [6, 6.07) is 0. The van der Waals surface area contributed by atoms with Crippen molar-refractivity contribution in [1.82, 2.24) is 0 Å². The Morgan fingerprint density at radius 2 is 0.643 bits per heavy atom. The number of carbonyl (C=O) groups is 3. The van der Waals surface area contributed by atoms with Crippen LogP contribution >= 0.6 is 0 Å². The zero-order valence-corrected chi connectivity index (χ0v) is 28.0. The molecule has 0 aromatic carbocycles. The molecule has 248 valence electrons. The standard InChI is InChI=1S/C36H68O6/c1-4-7-10-13-16-17-18-19-21-23-26-29-35(38)41-32-33(31-40-34(37)28-25-22-15-12-9-6-3)42-36(39)30-27-24-20-14-11-8-5-2/h33H,4-32H2,1-3H3. The quantitative estimate of drug-likeness (QED) is 0.0436. The second-order valence-electron chi connectivity index (χ2n) is 12.2. The molecule has 0 saturated heterocycles. The molecule has 0 aliphatic heterocycles. The van der Waals surface area contributed by atoms with Crippen LogP contribution in [0.15, 0.2) is 0 Å². The number of esters is 3. The van der Waals surface area contributed by atoms with E-state index in [1.165, 1.54) is 96.3 Å². The van der Waals surface area contributed by atoms with E-state index in [0.717, 1.165) is 57.8 Å². The molecule has 42 heavy (non-hydrogen) atoms. The van der Waals surface area contributed by atoms with Crippen LogP contribution in [0.4, 0.5) is 0 Å². The fourth-order valence-corrected chi connectivity index (χ4v) is 5.09. The van der Waals surface area contributed by atoms with Gasteiger partial charge in [0.1, 0.15) is 13.2 Å². The number of hydrogen-bond acceptors (Lipinski definition) is 6. The lowest BCUT2D eigenvalue weighted by Crippen LogP contribution is -2.30. The van der Waals surface area contributed by atoms with Crippen molar-refractivity contribution in [2.24, 2.45) is 0 Å². The van der Waals surface area contributed by atoms with Crippen LogP contribution in [0.25, 0.3) is 0 Å². The summed E-state index contributed by atoms with van der Waals surface area (Å²) in [7, 11) is 0. The SMILES string of the molecule is CCCCCCCCCCCCCC(=O)OCC(COC(=O)CCCCCCCC)OC(=O)CCCCCCCCC. The summed E-state index contributed by atoms with van der Waals surface area (Å²) in [5.41, 5.74) is 0. The summed E-state index contributed by atoms with van der Waals surface area (Å²) in [6.07, 6.45) is 28.3. The summed E-state index contributed by atoms with van der Waals surface area (Å²) in [6.45, 7) is 6.50. The summed E-state index contributed by atoms with van der Waals surface area (Å²) in [5.74, 6) is -0.884. The molecule has 0 rings (SSSR count). The fraction of sp³-hybridized carbons (Fsp3) is 0.917. The van der Waals surface area contributed by atoms with Crippen molar-refractivity contribution in [2.45, 2.75) is 200 Å². The molecular formula is C36H68O6. The molecule has 0 fully saturated rings. The lowest BCUT2D eigenvalue weighted by Gasteiger charge is -2.18. The largest absolute Gasteiger partial charge is 0.462 e. The number of unbranched alkanes of at least 4 members (excludes halogenated alkanes) is 21. The summed E-state index contributed by atoms with van der Waals surface area (Å²) in [5, 5.41) is 0. The molecule has 0 spiro atoms. The summed E-state index contributed by atoms with van der Waals surface area (Å²) < 4.78 is 16.4. The number of hydrogen-bond donors (Lipinski definition) is 0. The molecule has 0 bridgehead atoms. The number of ether oxygens (including phenoxy) is 3. The Balaban J connectivity index is 4.29. The van der Waals surface area contributed by atoms with Gasteiger partial charge in [-0.2, -0.15) is 0 Å². The second-order valence-corrected chi connectivity index (χ2v) is 12.2. The molecular weight excluding hydrogens is 528 g/mol. The van der Waals surface area contributed by atoms with Gasteiger partial charge in [-0.15, -0.1) is 0 Å². The van der Waals surface area contributed by atoms with Crippen LogP contribution in [0.2, 0.25) is 0 Å². The smallest absolute Gasteiger partial charge is 0.306 e. The van der Waals surface area contributed by atoms with Gasteiger partial charge in [0.05, 0.1) is 0 Å². The van der Waals surface area contributed by atoms with Crippen LogP contribution in [0.1, 0.15) is 194 Å². The minimum atomic E-state index is -0.753. The maximum Gasteiger partial charge on any atom is 0.306 e. The molecule has 1 unspecified atom stereocenters. The average molecular weight is 597 g/mol. The molecule has 0 amide bonds. The van der Waals surface area contributed by atoms with E-state index in [1.54, 1.807) is 0 Å². The molecule has 0 N–H and O–H groups in total. The van der Waals surface area contributed by atoms with Crippen molar-refractivity contribution in [3.8, 4) is 0 Å². The van der Waals surface area contributed by atoms with E-state index in [2.05, 4.69) is 20.8 Å². The highest BCUT2D eigenvalue weighted by molar-refractivity contribution is 5.71. The van der Waals surface area contributed by atoms with Gasteiger partial charge in [0.15, 0.2) is 6.10 Å². The average Bonchev–Trinajstić information content (AvgIpc) is 2.98. The highest BCUT2D eigenvalue weighted by Gasteiger charge is 2.19. The maximum atomic E-state index is 12.5. The molecule has 6 nitrogen and oxygen atoms in total. The van der Waals surface area contributed by atoms with Crippen molar-refractivity contribution in [1.29, 1.82) is 0 Å². The third-order valence-corrected chi connectivity index (χ3v) is 7.86. The fourth-order valence-electron chi connectivity index (χ4n) is 5.09. The van der Waals surface area contributed by atoms with Crippen LogP contribution in [0.5, 0.6) is 0 Å². The third-order valence-electron chi connectivity index (χ3n) is 7.86. The Bertz CT molecular complexity index is 620. The molecule has 6 heteroatoms. The van der Waals surface area contributed by atoms with Gasteiger partial charge in [-0.3, -0.25) is 14.4 Å². The van der Waals surface area contributed by atoms with Crippen molar-refractivity contribution >= 4 is 17.9 Å². The normalized spacial score (nSPS) is 11.8. The van der Waals surface area contributed by atoms with Gasteiger partial charge >= 0.3 is 17.9 Å². The Morgan fingerprint density at radius 3 is 0.952 bits per heavy atom. The first-order chi connectivity index (χ1) is 20.5. The van der Waals surface area contributed by atoms with Gasteiger partial charge in [-0.25, -0.2) is 0 Å². The first-order valence-corrected chi connectivity index (χ1v) is 18.0. The van der Waals surface area contributed by atoms with E-state index in [4.69, 9.17) is 14.2 Å². The molecule has 0 aromatic heterocycles. The molecule has 0 saturated carbocycles. The van der Waals surface area contributed by atoms with Crippen molar-refractivity contribution < 1.29 is 28.6 Å². The highest BCUT2D eigenvalue weighted by Crippen LogP contribution is 2.13. The van der Waals surface area contributed by atoms with E-state index < -0.39 is 6.10 Å². The van der Waals surface area contributed by atoms with Crippen LogP contribution in [-0.4, -0.2) is 37.2 Å². The first-order valence-electron chi connectivity index (χ1n) is 18.0. The second kappa shape index (κ2) is 32.3. The Kier molecular flexibility index (Phi) is 31.1. The molecule has 1 atom stereocenters. The Hall–Kier alpha value is -1.59. The molecule has 0 aliphatic carbocycles. The molecule has 0 radical (unpaired) electrons. The number of carbonyl (C=O) groups excluding carboxylic acids is 3. The topological polar surface area (TPSA) is 78.9 Å². The Labute approximate surface area is 259 Å².